The molecule has 2 heterocycles. The summed E-state index contributed by atoms with van der Waals surface area (Å²) in [6, 6.07) is 5.29. The third-order valence-corrected chi connectivity index (χ3v) is 8.72. The van der Waals surface area contributed by atoms with Gasteiger partial charge in [-0.1, -0.05) is 54.3 Å². The van der Waals surface area contributed by atoms with Crippen molar-refractivity contribution < 1.29 is 19.2 Å². The van der Waals surface area contributed by atoms with E-state index in [1.165, 1.54) is 6.92 Å². The first-order valence-corrected chi connectivity index (χ1v) is 15.0. The Labute approximate surface area is 243 Å². The second-order valence-electron chi connectivity index (χ2n) is 10.5. The molecule has 4 amide bonds. The van der Waals surface area contributed by atoms with Gasteiger partial charge in [0.05, 0.1) is 6.04 Å². The Hall–Kier alpha value is -3.02. The van der Waals surface area contributed by atoms with E-state index in [0.717, 1.165) is 43.4 Å². The molecular weight excluding hydrogens is 552 g/mol. The minimum Gasteiger partial charge on any atom is -0.343 e. The molecule has 2 aliphatic rings. The van der Waals surface area contributed by atoms with E-state index in [9.17, 15) is 19.2 Å². The molecule has 12 heteroatoms. The Kier molecular flexibility index (Phi) is 10.2. The topological polar surface area (TPSA) is 133 Å². The smallest absolute Gasteiger partial charge is 0.247 e. The number of hydrogen-bond donors (Lipinski definition) is 4. The van der Waals surface area contributed by atoms with Crippen LogP contribution < -0.4 is 21.3 Å². The number of rotatable bonds is 9. The van der Waals surface area contributed by atoms with Gasteiger partial charge in [-0.15, -0.1) is 0 Å². The highest BCUT2D eigenvalue weighted by molar-refractivity contribution is 7.20. The van der Waals surface area contributed by atoms with Crippen LogP contribution in [0.5, 0.6) is 0 Å². The zero-order valence-electron chi connectivity index (χ0n) is 23.1. The highest BCUT2D eigenvalue weighted by Crippen LogP contribution is 2.37. The summed E-state index contributed by atoms with van der Waals surface area (Å²) in [6.07, 6.45) is 6.09. The second kappa shape index (κ2) is 13.6. The molecule has 216 valence electrons. The lowest BCUT2D eigenvalue weighted by molar-refractivity contribution is -0.142. The number of likely N-dealkylation sites (N-methyl/N-ethyl adjacent to an activating group) is 1. The van der Waals surface area contributed by atoms with Crippen LogP contribution in [0.4, 0.5) is 10.1 Å². The molecule has 4 N–H and O–H groups in total. The fourth-order valence-electron chi connectivity index (χ4n) is 5.38. The first-order chi connectivity index (χ1) is 19.2. The number of nitrogens with zero attached hydrogens (tertiary/aromatic N) is 2. The lowest BCUT2D eigenvalue weighted by atomic mass is 9.83. The molecule has 3 atom stereocenters. The molecule has 40 heavy (non-hydrogen) atoms. The Balaban J connectivity index is 1.56. The molecule has 2 aromatic rings. The van der Waals surface area contributed by atoms with E-state index in [4.69, 9.17) is 11.6 Å². The summed E-state index contributed by atoms with van der Waals surface area (Å²) in [6.45, 7) is 3.59. The van der Waals surface area contributed by atoms with E-state index in [2.05, 4.69) is 26.3 Å². The van der Waals surface area contributed by atoms with Crippen LogP contribution >= 0.6 is 22.9 Å². The molecular formula is C28H37ClN6O4S. The highest BCUT2D eigenvalue weighted by Gasteiger charge is 2.41. The van der Waals surface area contributed by atoms with Crippen LogP contribution in [0.1, 0.15) is 58.8 Å². The summed E-state index contributed by atoms with van der Waals surface area (Å²) in [5.74, 6) is -1.01. The van der Waals surface area contributed by atoms with E-state index in [1.54, 1.807) is 37.1 Å². The summed E-state index contributed by atoms with van der Waals surface area (Å²) in [5, 5.41) is 12.9. The monoisotopic (exact) mass is 588 g/mol. The van der Waals surface area contributed by atoms with E-state index in [-0.39, 0.29) is 29.5 Å². The lowest BCUT2D eigenvalue weighted by Crippen LogP contribution is -2.57. The number of likely N-dealkylation sites (tertiary alicyclic amines) is 1. The molecule has 0 radical (unpaired) electrons. The summed E-state index contributed by atoms with van der Waals surface area (Å²) in [5.41, 5.74) is 1.17. The minimum atomic E-state index is -0.684. The number of carbonyl (C=O) groups is 4. The SMILES string of the molecule is CN[C@@H](C)C(=O)N[C@H](C(=O)N1CCC[C@H]1C(=O)Nc1sc(NC(C)=O)nc1-c1cccc(Cl)c1)C1CCCCC1. The number of thiazole rings is 1. The fraction of sp³-hybridized carbons (Fsp3) is 0.536. The molecule has 1 aromatic carbocycles. The van der Waals surface area contributed by atoms with Gasteiger partial charge in [-0.25, -0.2) is 4.98 Å². The zero-order valence-corrected chi connectivity index (χ0v) is 24.7. The van der Waals surface area contributed by atoms with Gasteiger partial charge < -0.3 is 26.2 Å². The number of nitrogens with one attached hydrogen (secondary N) is 4. The lowest BCUT2D eigenvalue weighted by Gasteiger charge is -2.35. The average molecular weight is 589 g/mol. The van der Waals surface area contributed by atoms with E-state index in [1.807, 2.05) is 6.07 Å². The molecule has 1 aliphatic heterocycles. The van der Waals surface area contributed by atoms with Crippen molar-refractivity contribution in [2.75, 3.05) is 24.2 Å². The normalized spacial score (nSPS) is 19.1. The largest absolute Gasteiger partial charge is 0.343 e. The number of halogens is 1. The summed E-state index contributed by atoms with van der Waals surface area (Å²) < 4.78 is 0. The summed E-state index contributed by atoms with van der Waals surface area (Å²) >= 11 is 7.34. The van der Waals surface area contributed by atoms with E-state index in [0.29, 0.717) is 45.8 Å². The van der Waals surface area contributed by atoms with Gasteiger partial charge in [-0.05, 0) is 57.7 Å². The van der Waals surface area contributed by atoms with Crippen LogP contribution in [0.2, 0.25) is 5.02 Å². The van der Waals surface area contributed by atoms with Crippen LogP contribution in [0.15, 0.2) is 24.3 Å². The number of amides is 4. The van der Waals surface area contributed by atoms with Gasteiger partial charge in [0, 0.05) is 24.1 Å². The molecule has 2 fully saturated rings. The highest BCUT2D eigenvalue weighted by atomic mass is 35.5. The van der Waals surface area contributed by atoms with Gasteiger partial charge in [0.15, 0.2) is 5.13 Å². The van der Waals surface area contributed by atoms with E-state index < -0.39 is 18.1 Å². The number of carbonyl (C=O) groups excluding carboxylic acids is 4. The summed E-state index contributed by atoms with van der Waals surface area (Å²) in [7, 11) is 1.71. The van der Waals surface area contributed by atoms with Crippen molar-refractivity contribution in [3.05, 3.63) is 29.3 Å². The average Bonchev–Trinajstić information content (AvgIpc) is 3.58. The van der Waals surface area contributed by atoms with E-state index >= 15 is 0 Å². The van der Waals surface area contributed by atoms with Crippen molar-refractivity contribution in [1.82, 2.24) is 20.5 Å². The summed E-state index contributed by atoms with van der Waals surface area (Å²) in [4.78, 5) is 58.2. The van der Waals surface area contributed by atoms with Gasteiger partial charge in [0.2, 0.25) is 23.6 Å². The maximum Gasteiger partial charge on any atom is 0.247 e. The van der Waals surface area contributed by atoms with Gasteiger partial charge in [0.1, 0.15) is 22.8 Å². The maximum absolute atomic E-state index is 13.9. The molecule has 1 saturated heterocycles. The molecule has 10 nitrogen and oxygen atoms in total. The Morgan fingerprint density at radius 1 is 1.07 bits per heavy atom. The minimum absolute atomic E-state index is 0.0368. The molecule has 0 bridgehead atoms. The van der Waals surface area contributed by atoms with Crippen molar-refractivity contribution >= 4 is 56.7 Å². The molecule has 0 spiro atoms. The molecule has 1 aliphatic carbocycles. The number of aromatic nitrogens is 1. The Bertz CT molecular complexity index is 1250. The van der Waals surface area contributed by atoms with Crippen molar-refractivity contribution in [2.45, 2.75) is 76.9 Å². The Morgan fingerprint density at radius 3 is 2.50 bits per heavy atom. The molecule has 0 unspecified atom stereocenters. The fourth-order valence-corrected chi connectivity index (χ4v) is 6.50. The van der Waals surface area contributed by atoms with Crippen LogP contribution in [0.3, 0.4) is 0 Å². The third kappa shape index (κ3) is 7.18. The zero-order chi connectivity index (χ0) is 28.8. The third-order valence-electron chi connectivity index (χ3n) is 7.59. The first kappa shape index (κ1) is 30.0. The van der Waals surface area contributed by atoms with Crippen molar-refractivity contribution in [1.29, 1.82) is 0 Å². The van der Waals surface area contributed by atoms with Crippen LogP contribution in [0.25, 0.3) is 11.3 Å². The Morgan fingerprint density at radius 2 is 1.82 bits per heavy atom. The molecule has 4 rings (SSSR count). The maximum atomic E-state index is 13.9. The van der Waals surface area contributed by atoms with Gasteiger partial charge in [-0.2, -0.15) is 0 Å². The van der Waals surface area contributed by atoms with Crippen molar-refractivity contribution in [3.63, 3.8) is 0 Å². The first-order valence-electron chi connectivity index (χ1n) is 13.8. The van der Waals surface area contributed by atoms with Crippen molar-refractivity contribution in [3.8, 4) is 11.3 Å². The van der Waals surface area contributed by atoms with Gasteiger partial charge in [0.25, 0.3) is 0 Å². The number of benzene rings is 1. The predicted molar refractivity (Wildman–Crippen MR) is 157 cm³/mol. The van der Waals surface area contributed by atoms with Crippen LogP contribution in [0, 0.1) is 5.92 Å². The molecule has 1 saturated carbocycles. The number of hydrogen-bond acceptors (Lipinski definition) is 7. The van der Waals surface area contributed by atoms with Gasteiger partial charge >= 0.3 is 0 Å². The second-order valence-corrected chi connectivity index (χ2v) is 11.9. The van der Waals surface area contributed by atoms with Crippen molar-refractivity contribution in [2.24, 2.45) is 5.92 Å². The van der Waals surface area contributed by atoms with Crippen LogP contribution in [-0.4, -0.2) is 65.2 Å². The quantitative estimate of drug-likeness (QED) is 0.350. The predicted octanol–water partition coefficient (Wildman–Crippen LogP) is 4.02. The van der Waals surface area contributed by atoms with Crippen LogP contribution in [-0.2, 0) is 19.2 Å². The van der Waals surface area contributed by atoms with Gasteiger partial charge in [-0.3, -0.25) is 19.2 Å². The number of anilines is 2. The molecule has 1 aromatic heterocycles. The standard InChI is InChI=1S/C28H37ClN6O4S/c1-16(30-3)24(37)32-23(18-9-5-4-6-10-18)27(39)35-14-8-13-21(35)25(38)34-26-22(19-11-7-12-20(29)15-19)33-28(40-26)31-17(2)36/h7,11-12,15-16,18,21,23,30H,4-6,8-10,13-14H2,1-3H3,(H,32,37)(H,34,38)(H,31,33,36)/t16-,21-,23-/m0/s1.